The molecule has 2 aliphatic carbocycles. The predicted octanol–water partition coefficient (Wildman–Crippen LogP) is 2.06. The molecule has 0 spiro atoms. The van der Waals surface area contributed by atoms with Crippen LogP contribution >= 0.6 is 0 Å². The highest BCUT2D eigenvalue weighted by atomic mass is 16.2. The third-order valence-electron chi connectivity index (χ3n) is 2.64. The van der Waals surface area contributed by atoms with Crippen LogP contribution in [-0.2, 0) is 0 Å². The maximum Gasteiger partial charge on any atom is 0.0468 e. The summed E-state index contributed by atoms with van der Waals surface area (Å²) in [7, 11) is 0. The zero-order chi connectivity index (χ0) is 8.39. The Bertz CT molecular complexity index is 248. The van der Waals surface area contributed by atoms with Gasteiger partial charge in [0.15, 0.2) is 0 Å². The molecule has 2 atom stereocenters. The van der Waals surface area contributed by atoms with E-state index in [1.165, 1.54) is 12.0 Å². The summed E-state index contributed by atoms with van der Waals surface area (Å²) in [6.45, 7) is 0.284. The maximum absolute atomic E-state index is 8.83. The van der Waals surface area contributed by atoms with Gasteiger partial charge in [0.2, 0.25) is 0 Å². The number of hydrogen-bond acceptors (Lipinski definition) is 1. The van der Waals surface area contributed by atoms with E-state index in [0.29, 0.717) is 11.8 Å². The number of aliphatic hydroxyl groups excluding tert-OH is 1. The van der Waals surface area contributed by atoms with E-state index in [-0.39, 0.29) is 6.61 Å². The first kappa shape index (κ1) is 7.81. The number of rotatable bonds is 2. The first-order valence-corrected chi connectivity index (χ1v) is 4.56. The third-order valence-corrected chi connectivity index (χ3v) is 2.64. The SMILES string of the molecule is OCCC1=CC2C=CC=CC1C2. The van der Waals surface area contributed by atoms with E-state index in [1.54, 1.807) is 0 Å². The molecule has 2 bridgehead atoms. The number of hydrogen-bond donors (Lipinski definition) is 1. The second-order valence-corrected chi connectivity index (χ2v) is 3.49. The van der Waals surface area contributed by atoms with Crippen LogP contribution in [0.2, 0.25) is 0 Å². The second-order valence-electron chi connectivity index (χ2n) is 3.49. The van der Waals surface area contributed by atoms with E-state index < -0.39 is 0 Å². The van der Waals surface area contributed by atoms with Crippen molar-refractivity contribution in [3.05, 3.63) is 36.0 Å². The largest absolute Gasteiger partial charge is 0.396 e. The van der Waals surface area contributed by atoms with Crippen LogP contribution in [0.5, 0.6) is 0 Å². The number of aliphatic hydroxyl groups is 1. The zero-order valence-electron chi connectivity index (χ0n) is 7.11. The van der Waals surface area contributed by atoms with Crippen LogP contribution in [0.3, 0.4) is 0 Å². The van der Waals surface area contributed by atoms with Crippen molar-refractivity contribution in [3.8, 4) is 0 Å². The smallest absolute Gasteiger partial charge is 0.0468 e. The molecule has 0 aliphatic heterocycles. The fraction of sp³-hybridized carbons (Fsp3) is 0.455. The van der Waals surface area contributed by atoms with Crippen molar-refractivity contribution in [1.29, 1.82) is 0 Å². The van der Waals surface area contributed by atoms with Crippen molar-refractivity contribution < 1.29 is 5.11 Å². The molecule has 12 heavy (non-hydrogen) atoms. The van der Waals surface area contributed by atoms with Crippen LogP contribution in [0, 0.1) is 11.8 Å². The highest BCUT2D eigenvalue weighted by Gasteiger charge is 2.22. The maximum atomic E-state index is 8.83. The normalized spacial score (nSPS) is 31.9. The van der Waals surface area contributed by atoms with Crippen molar-refractivity contribution in [2.24, 2.45) is 11.8 Å². The first-order valence-electron chi connectivity index (χ1n) is 4.56. The van der Waals surface area contributed by atoms with Crippen LogP contribution in [0.1, 0.15) is 12.8 Å². The minimum absolute atomic E-state index is 0.284. The Morgan fingerprint density at radius 2 is 2.17 bits per heavy atom. The van der Waals surface area contributed by atoms with Gasteiger partial charge in [0.25, 0.3) is 0 Å². The van der Waals surface area contributed by atoms with Crippen LogP contribution in [-0.4, -0.2) is 11.7 Å². The highest BCUT2D eigenvalue weighted by Crippen LogP contribution is 2.35. The van der Waals surface area contributed by atoms with E-state index in [9.17, 15) is 0 Å². The minimum atomic E-state index is 0.284. The Hall–Kier alpha value is -0.820. The molecular weight excluding hydrogens is 148 g/mol. The zero-order valence-corrected chi connectivity index (χ0v) is 7.11. The van der Waals surface area contributed by atoms with Gasteiger partial charge in [-0.15, -0.1) is 0 Å². The fourth-order valence-corrected chi connectivity index (χ4v) is 2.05. The van der Waals surface area contributed by atoms with Gasteiger partial charge in [0, 0.05) is 6.61 Å². The minimum Gasteiger partial charge on any atom is -0.396 e. The summed E-state index contributed by atoms with van der Waals surface area (Å²) in [4.78, 5) is 0. The lowest BCUT2D eigenvalue weighted by atomic mass is 9.98. The predicted molar refractivity (Wildman–Crippen MR) is 49.7 cm³/mol. The molecule has 2 aliphatic rings. The van der Waals surface area contributed by atoms with Crippen molar-refractivity contribution >= 4 is 0 Å². The van der Waals surface area contributed by atoms with Gasteiger partial charge >= 0.3 is 0 Å². The Balaban J connectivity index is 2.16. The summed E-state index contributed by atoms with van der Waals surface area (Å²) in [5, 5.41) is 8.83. The van der Waals surface area contributed by atoms with Gasteiger partial charge in [0.05, 0.1) is 0 Å². The van der Waals surface area contributed by atoms with Crippen molar-refractivity contribution in [3.63, 3.8) is 0 Å². The summed E-state index contributed by atoms with van der Waals surface area (Å²) in [6, 6.07) is 0. The van der Waals surface area contributed by atoms with Crippen LogP contribution in [0.25, 0.3) is 0 Å². The molecule has 0 aromatic heterocycles. The van der Waals surface area contributed by atoms with Crippen molar-refractivity contribution in [2.75, 3.05) is 6.61 Å². The topological polar surface area (TPSA) is 20.2 Å². The van der Waals surface area contributed by atoms with E-state index in [1.807, 2.05) is 0 Å². The van der Waals surface area contributed by atoms with E-state index in [2.05, 4.69) is 30.4 Å². The first-order chi connectivity index (χ1) is 5.90. The van der Waals surface area contributed by atoms with Gasteiger partial charge < -0.3 is 5.11 Å². The quantitative estimate of drug-likeness (QED) is 0.616. The summed E-state index contributed by atoms with van der Waals surface area (Å²) in [5.41, 5.74) is 1.42. The van der Waals surface area contributed by atoms with Crippen molar-refractivity contribution in [1.82, 2.24) is 0 Å². The van der Waals surface area contributed by atoms with E-state index >= 15 is 0 Å². The molecule has 0 aromatic carbocycles. The molecule has 2 rings (SSSR count). The van der Waals surface area contributed by atoms with Crippen LogP contribution in [0.4, 0.5) is 0 Å². The highest BCUT2D eigenvalue weighted by molar-refractivity contribution is 5.28. The summed E-state index contributed by atoms with van der Waals surface area (Å²) >= 11 is 0. The Labute approximate surface area is 73.1 Å². The second kappa shape index (κ2) is 3.28. The van der Waals surface area contributed by atoms with Crippen LogP contribution < -0.4 is 0 Å². The van der Waals surface area contributed by atoms with Crippen LogP contribution in [0.15, 0.2) is 36.0 Å². The lowest BCUT2D eigenvalue weighted by molar-refractivity contribution is 0.296. The van der Waals surface area contributed by atoms with E-state index in [4.69, 9.17) is 5.11 Å². The Morgan fingerprint density at radius 1 is 1.33 bits per heavy atom. The standard InChI is InChI=1S/C11H14O/c12-6-5-11-8-9-3-1-2-4-10(11)7-9/h1-4,8-10,12H,5-7H2. The average Bonchev–Trinajstić information content (AvgIpc) is 2.30. The molecule has 1 N–H and O–H groups in total. The number of allylic oxidation sites excluding steroid dienone is 5. The fourth-order valence-electron chi connectivity index (χ4n) is 2.05. The van der Waals surface area contributed by atoms with Gasteiger partial charge in [-0.2, -0.15) is 0 Å². The molecule has 0 saturated heterocycles. The van der Waals surface area contributed by atoms with Gasteiger partial charge in [0.1, 0.15) is 0 Å². The molecule has 1 heteroatoms. The lowest BCUT2D eigenvalue weighted by Gasteiger charge is -2.07. The molecule has 0 fully saturated rings. The monoisotopic (exact) mass is 162 g/mol. The summed E-state index contributed by atoms with van der Waals surface area (Å²) in [5.74, 6) is 1.21. The molecule has 1 nitrogen and oxygen atoms in total. The molecule has 64 valence electrons. The van der Waals surface area contributed by atoms with Crippen molar-refractivity contribution in [2.45, 2.75) is 12.8 Å². The molecule has 0 radical (unpaired) electrons. The third kappa shape index (κ3) is 1.37. The van der Waals surface area contributed by atoms with Gasteiger partial charge in [-0.25, -0.2) is 0 Å². The Morgan fingerprint density at radius 3 is 3.00 bits per heavy atom. The van der Waals surface area contributed by atoms with Gasteiger partial charge in [-0.3, -0.25) is 0 Å². The van der Waals surface area contributed by atoms with E-state index in [0.717, 1.165) is 6.42 Å². The Kier molecular flexibility index (Phi) is 2.13. The van der Waals surface area contributed by atoms with Gasteiger partial charge in [-0.1, -0.05) is 36.0 Å². The molecule has 0 saturated carbocycles. The summed E-state index contributed by atoms with van der Waals surface area (Å²) in [6.07, 6.45) is 13.1. The lowest BCUT2D eigenvalue weighted by Crippen LogP contribution is -1.97. The molecule has 2 unspecified atom stereocenters. The molecular formula is C11H14O. The number of fused-ring (bicyclic) bond motifs is 2. The average molecular weight is 162 g/mol. The molecule has 0 amide bonds. The molecule has 0 aromatic rings. The molecule has 0 heterocycles. The van der Waals surface area contributed by atoms with Gasteiger partial charge in [-0.05, 0) is 24.7 Å². The summed E-state index contributed by atoms with van der Waals surface area (Å²) < 4.78 is 0.